The van der Waals surface area contributed by atoms with Crippen LogP contribution in [-0.4, -0.2) is 31.8 Å². The number of alkyl halides is 3. The van der Waals surface area contributed by atoms with E-state index in [1.165, 1.54) is 24.3 Å². The maximum absolute atomic E-state index is 14.5. The Morgan fingerprint density at radius 2 is 1.97 bits per heavy atom. The van der Waals surface area contributed by atoms with Crippen LogP contribution in [0.2, 0.25) is 0 Å². The number of anilines is 2. The number of ether oxygens (including phenoxy) is 2. The second-order valence-electron chi connectivity index (χ2n) is 6.59. The van der Waals surface area contributed by atoms with Crippen LogP contribution in [-0.2, 0) is 10.3 Å². The van der Waals surface area contributed by atoms with E-state index in [1.807, 2.05) is 0 Å². The number of aliphatic imine (C=N–C) groups is 1. The zero-order valence-corrected chi connectivity index (χ0v) is 16.2. The van der Waals surface area contributed by atoms with E-state index < -0.39 is 24.1 Å². The number of halogens is 5. The van der Waals surface area contributed by atoms with Gasteiger partial charge >= 0.3 is 6.18 Å². The minimum absolute atomic E-state index is 0. The lowest BCUT2D eigenvalue weighted by Crippen LogP contribution is -2.38. The standard InChI is InChI=1S/C19H19F4N3O2.ClH/c1-18(10-27-9-17(24)26-18)13-8-12(6-7-14(13)20)25-15-4-2-3-5-16(15)28-11-19(21,22)23;/h2-8,25H,9-11H2,1H3,(H2,24,26);1H. The van der Waals surface area contributed by atoms with Gasteiger partial charge in [-0.3, -0.25) is 4.99 Å². The summed E-state index contributed by atoms with van der Waals surface area (Å²) in [6, 6.07) is 10.4. The summed E-state index contributed by atoms with van der Waals surface area (Å²) in [5.74, 6) is -0.200. The van der Waals surface area contributed by atoms with Crippen molar-refractivity contribution >= 4 is 29.6 Å². The third kappa shape index (κ3) is 5.74. The Kier molecular flexibility index (Phi) is 6.97. The molecule has 0 fully saturated rings. The number of para-hydroxylation sites is 2. The van der Waals surface area contributed by atoms with Gasteiger partial charge in [0, 0.05) is 11.3 Å². The van der Waals surface area contributed by atoms with Crippen molar-refractivity contribution in [2.45, 2.75) is 18.6 Å². The van der Waals surface area contributed by atoms with Gasteiger partial charge in [-0.15, -0.1) is 12.4 Å². The fourth-order valence-corrected chi connectivity index (χ4v) is 2.90. The Bertz CT molecular complexity index is 892. The van der Waals surface area contributed by atoms with E-state index in [9.17, 15) is 17.6 Å². The molecule has 3 rings (SSSR count). The van der Waals surface area contributed by atoms with Gasteiger partial charge in [-0.1, -0.05) is 12.1 Å². The number of nitrogens with two attached hydrogens (primary N) is 1. The van der Waals surface area contributed by atoms with E-state index in [2.05, 4.69) is 10.3 Å². The van der Waals surface area contributed by atoms with Crippen LogP contribution < -0.4 is 15.8 Å². The van der Waals surface area contributed by atoms with Crippen molar-refractivity contribution in [1.82, 2.24) is 0 Å². The molecular formula is C19H20ClF4N3O2. The first-order valence-corrected chi connectivity index (χ1v) is 8.44. The Morgan fingerprint density at radius 3 is 2.66 bits per heavy atom. The zero-order valence-electron chi connectivity index (χ0n) is 15.4. The van der Waals surface area contributed by atoms with E-state index >= 15 is 0 Å². The molecule has 0 bridgehead atoms. The van der Waals surface area contributed by atoms with Gasteiger partial charge < -0.3 is 20.5 Å². The molecule has 0 radical (unpaired) electrons. The number of amidine groups is 1. The number of benzene rings is 2. The second-order valence-corrected chi connectivity index (χ2v) is 6.59. The lowest BCUT2D eigenvalue weighted by Gasteiger charge is -2.30. The molecule has 0 saturated heterocycles. The number of nitrogens with one attached hydrogen (secondary N) is 1. The van der Waals surface area contributed by atoms with Crippen molar-refractivity contribution < 1.29 is 27.0 Å². The minimum atomic E-state index is -4.45. The van der Waals surface area contributed by atoms with Crippen LogP contribution in [0.25, 0.3) is 0 Å². The van der Waals surface area contributed by atoms with Gasteiger partial charge in [0.2, 0.25) is 0 Å². The number of rotatable bonds is 5. The first-order chi connectivity index (χ1) is 13.2. The normalized spacial score (nSPS) is 19.1. The van der Waals surface area contributed by atoms with Crippen LogP contribution in [0.15, 0.2) is 47.5 Å². The summed E-state index contributed by atoms with van der Waals surface area (Å²) in [4.78, 5) is 4.32. The van der Waals surface area contributed by atoms with Crippen molar-refractivity contribution in [3.05, 3.63) is 53.8 Å². The predicted octanol–water partition coefficient (Wildman–Crippen LogP) is 4.53. The molecule has 1 unspecified atom stereocenters. The minimum Gasteiger partial charge on any atom is -0.482 e. The highest BCUT2D eigenvalue weighted by atomic mass is 35.5. The first-order valence-electron chi connectivity index (χ1n) is 8.44. The number of nitrogens with zero attached hydrogens (tertiary/aromatic N) is 1. The molecule has 0 amide bonds. The lowest BCUT2D eigenvalue weighted by atomic mass is 9.91. The molecule has 5 nitrogen and oxygen atoms in total. The molecule has 158 valence electrons. The predicted molar refractivity (Wildman–Crippen MR) is 105 cm³/mol. The summed E-state index contributed by atoms with van der Waals surface area (Å²) in [7, 11) is 0. The topological polar surface area (TPSA) is 68.9 Å². The summed E-state index contributed by atoms with van der Waals surface area (Å²) in [5, 5.41) is 2.96. The maximum Gasteiger partial charge on any atom is 0.422 e. The highest BCUT2D eigenvalue weighted by Gasteiger charge is 2.33. The molecule has 2 aromatic rings. The average Bonchev–Trinajstić information content (AvgIpc) is 2.61. The van der Waals surface area contributed by atoms with Crippen LogP contribution in [0.1, 0.15) is 12.5 Å². The summed E-state index contributed by atoms with van der Waals surface area (Å²) in [6.45, 7) is 0.615. The van der Waals surface area contributed by atoms with E-state index in [4.69, 9.17) is 15.2 Å². The third-order valence-corrected chi connectivity index (χ3v) is 4.13. The van der Waals surface area contributed by atoms with Crippen LogP contribution in [0.5, 0.6) is 5.75 Å². The van der Waals surface area contributed by atoms with Crippen molar-refractivity contribution in [2.24, 2.45) is 10.7 Å². The first kappa shape index (κ1) is 22.8. The van der Waals surface area contributed by atoms with Gasteiger partial charge in [-0.05, 0) is 37.3 Å². The smallest absolute Gasteiger partial charge is 0.422 e. The molecule has 0 aromatic heterocycles. The average molecular weight is 434 g/mol. The van der Waals surface area contributed by atoms with E-state index in [-0.39, 0.29) is 42.8 Å². The number of hydrogen-bond donors (Lipinski definition) is 2. The van der Waals surface area contributed by atoms with Gasteiger partial charge in [-0.2, -0.15) is 13.2 Å². The zero-order chi connectivity index (χ0) is 20.4. The molecule has 1 aliphatic heterocycles. The molecule has 0 saturated carbocycles. The second kappa shape index (κ2) is 8.87. The van der Waals surface area contributed by atoms with Crippen molar-refractivity contribution in [1.29, 1.82) is 0 Å². The van der Waals surface area contributed by atoms with Crippen LogP contribution in [0, 0.1) is 5.82 Å². The Hall–Kier alpha value is -2.52. The highest BCUT2D eigenvalue weighted by molar-refractivity contribution is 5.85. The third-order valence-electron chi connectivity index (χ3n) is 4.13. The molecule has 3 N–H and O–H groups in total. The van der Waals surface area contributed by atoms with Gasteiger partial charge in [0.1, 0.15) is 29.5 Å². The maximum atomic E-state index is 14.5. The van der Waals surface area contributed by atoms with E-state index in [0.29, 0.717) is 11.4 Å². The van der Waals surface area contributed by atoms with Gasteiger partial charge in [0.15, 0.2) is 6.61 Å². The fourth-order valence-electron chi connectivity index (χ4n) is 2.90. The van der Waals surface area contributed by atoms with Crippen molar-refractivity contribution in [3.63, 3.8) is 0 Å². The Balaban J connectivity index is 0.00000300. The molecule has 1 aliphatic rings. The van der Waals surface area contributed by atoms with Gasteiger partial charge in [0.25, 0.3) is 0 Å². The van der Waals surface area contributed by atoms with Crippen LogP contribution >= 0.6 is 12.4 Å². The monoisotopic (exact) mass is 433 g/mol. The van der Waals surface area contributed by atoms with Gasteiger partial charge in [0.05, 0.1) is 12.3 Å². The molecular weight excluding hydrogens is 414 g/mol. The number of hydrogen-bond acceptors (Lipinski definition) is 5. The SMILES string of the molecule is CC1(c2cc(Nc3ccccc3OCC(F)(F)F)ccc2F)COCC(N)=N1.Cl. The lowest BCUT2D eigenvalue weighted by molar-refractivity contribution is -0.153. The van der Waals surface area contributed by atoms with Crippen molar-refractivity contribution in [2.75, 3.05) is 25.1 Å². The molecule has 1 atom stereocenters. The Morgan fingerprint density at radius 1 is 1.24 bits per heavy atom. The quantitative estimate of drug-likeness (QED) is 0.679. The van der Waals surface area contributed by atoms with Crippen LogP contribution in [0.3, 0.4) is 0 Å². The van der Waals surface area contributed by atoms with Crippen molar-refractivity contribution in [3.8, 4) is 5.75 Å². The molecule has 1 heterocycles. The van der Waals surface area contributed by atoms with Crippen LogP contribution in [0.4, 0.5) is 28.9 Å². The molecule has 0 aliphatic carbocycles. The summed E-state index contributed by atoms with van der Waals surface area (Å²) < 4.78 is 62.1. The summed E-state index contributed by atoms with van der Waals surface area (Å²) in [6.07, 6.45) is -4.45. The molecule has 29 heavy (non-hydrogen) atoms. The molecule has 0 spiro atoms. The van der Waals surface area contributed by atoms with Gasteiger partial charge in [-0.25, -0.2) is 4.39 Å². The summed E-state index contributed by atoms with van der Waals surface area (Å²) in [5.41, 5.74) is 5.76. The largest absolute Gasteiger partial charge is 0.482 e. The Labute approximate surface area is 171 Å². The molecule has 10 heteroatoms. The fraction of sp³-hybridized carbons (Fsp3) is 0.316. The van der Waals surface area contributed by atoms with E-state index in [0.717, 1.165) is 0 Å². The summed E-state index contributed by atoms with van der Waals surface area (Å²) >= 11 is 0. The molecule has 2 aromatic carbocycles. The highest BCUT2D eigenvalue weighted by Crippen LogP contribution is 2.34. The van der Waals surface area contributed by atoms with E-state index in [1.54, 1.807) is 25.1 Å².